The van der Waals surface area contributed by atoms with Crippen LogP contribution in [-0.2, 0) is 18.3 Å². The van der Waals surface area contributed by atoms with Crippen LogP contribution in [0.2, 0.25) is 0 Å². The van der Waals surface area contributed by atoms with E-state index in [0.717, 1.165) is 5.56 Å². The maximum Gasteiger partial charge on any atom is 0.265 e. The fourth-order valence-corrected chi connectivity index (χ4v) is 4.02. The predicted octanol–water partition coefficient (Wildman–Crippen LogP) is 2.01. The summed E-state index contributed by atoms with van der Waals surface area (Å²) >= 11 is 0. The number of carbonyl (C=O) groups excluding carboxylic acids is 2. The molecule has 2 aromatic heterocycles. The number of ether oxygens (including phenoxy) is 1. The summed E-state index contributed by atoms with van der Waals surface area (Å²) in [6.07, 6.45) is 1.37. The van der Waals surface area contributed by atoms with Crippen molar-refractivity contribution in [3.63, 3.8) is 0 Å². The standard InChI is InChI=1S/C23H26N4O5/c1-13-10-27(11-14(2)31-13)22(29)17-7-5-16(6-8-17)9-24-20(28)18-15(3)32-21-19(18)23(30)26(4)12-25-21/h5-8,12-14H,9-11H2,1-4H3,(H,24,28). The fourth-order valence-electron chi connectivity index (χ4n) is 4.02. The molecule has 0 bridgehead atoms. The van der Waals surface area contributed by atoms with E-state index in [1.807, 2.05) is 26.0 Å². The van der Waals surface area contributed by atoms with Crippen LogP contribution in [0.5, 0.6) is 0 Å². The van der Waals surface area contributed by atoms with Gasteiger partial charge < -0.3 is 23.9 Å². The van der Waals surface area contributed by atoms with E-state index in [-0.39, 0.29) is 46.9 Å². The molecule has 1 aromatic carbocycles. The van der Waals surface area contributed by atoms with Gasteiger partial charge in [0, 0.05) is 32.2 Å². The average Bonchev–Trinajstić information content (AvgIpc) is 3.10. The summed E-state index contributed by atoms with van der Waals surface area (Å²) in [5.41, 5.74) is 1.41. The summed E-state index contributed by atoms with van der Waals surface area (Å²) in [5.74, 6) is -0.113. The van der Waals surface area contributed by atoms with E-state index in [4.69, 9.17) is 9.15 Å². The Balaban J connectivity index is 1.45. The zero-order valence-electron chi connectivity index (χ0n) is 18.5. The lowest BCUT2D eigenvalue weighted by molar-refractivity contribution is -0.0586. The number of hydrogen-bond acceptors (Lipinski definition) is 6. The van der Waals surface area contributed by atoms with Crippen molar-refractivity contribution in [1.29, 1.82) is 0 Å². The van der Waals surface area contributed by atoms with E-state index in [1.165, 1.54) is 10.9 Å². The minimum absolute atomic E-state index is 0.00617. The van der Waals surface area contributed by atoms with Crippen molar-refractivity contribution in [1.82, 2.24) is 19.8 Å². The summed E-state index contributed by atoms with van der Waals surface area (Å²) in [5, 5.41) is 2.98. The molecule has 1 saturated heterocycles. The van der Waals surface area contributed by atoms with Crippen LogP contribution in [-0.4, -0.2) is 51.6 Å². The minimum atomic E-state index is -0.414. The molecule has 0 radical (unpaired) electrons. The highest BCUT2D eigenvalue weighted by molar-refractivity contribution is 6.06. The van der Waals surface area contributed by atoms with Crippen LogP contribution in [0, 0.1) is 6.92 Å². The number of carbonyl (C=O) groups is 2. The van der Waals surface area contributed by atoms with Gasteiger partial charge in [-0.05, 0) is 38.5 Å². The Kier molecular flexibility index (Phi) is 5.84. The molecule has 3 heterocycles. The highest BCUT2D eigenvalue weighted by Crippen LogP contribution is 2.21. The van der Waals surface area contributed by atoms with Crippen molar-refractivity contribution in [3.8, 4) is 0 Å². The Morgan fingerprint density at radius 2 is 1.81 bits per heavy atom. The summed E-state index contributed by atoms with van der Waals surface area (Å²) in [7, 11) is 1.57. The maximum absolute atomic E-state index is 12.8. The molecule has 0 saturated carbocycles. The number of aryl methyl sites for hydroxylation is 2. The molecule has 1 N–H and O–H groups in total. The lowest BCUT2D eigenvalue weighted by atomic mass is 10.1. The first-order chi connectivity index (χ1) is 15.2. The second-order valence-electron chi connectivity index (χ2n) is 8.22. The third-order valence-electron chi connectivity index (χ3n) is 5.54. The van der Waals surface area contributed by atoms with Crippen LogP contribution >= 0.6 is 0 Å². The van der Waals surface area contributed by atoms with E-state index in [2.05, 4.69) is 10.3 Å². The van der Waals surface area contributed by atoms with E-state index >= 15 is 0 Å². The molecule has 9 heteroatoms. The molecule has 3 aromatic rings. The van der Waals surface area contributed by atoms with E-state index in [1.54, 1.807) is 31.0 Å². The molecule has 1 aliphatic rings. The fraction of sp³-hybridized carbons (Fsp3) is 0.391. The monoisotopic (exact) mass is 438 g/mol. The van der Waals surface area contributed by atoms with Gasteiger partial charge in [-0.2, -0.15) is 0 Å². The molecule has 0 aliphatic carbocycles. The number of hydrogen-bond donors (Lipinski definition) is 1. The third-order valence-corrected chi connectivity index (χ3v) is 5.54. The largest absolute Gasteiger partial charge is 0.442 e. The number of nitrogens with zero attached hydrogens (tertiary/aromatic N) is 3. The van der Waals surface area contributed by atoms with Crippen LogP contribution < -0.4 is 10.9 Å². The Morgan fingerprint density at radius 3 is 2.47 bits per heavy atom. The number of morpholine rings is 1. The van der Waals surface area contributed by atoms with Crippen molar-refractivity contribution in [2.45, 2.75) is 39.5 Å². The van der Waals surface area contributed by atoms with Crippen molar-refractivity contribution < 1.29 is 18.7 Å². The first-order valence-corrected chi connectivity index (χ1v) is 10.5. The molecule has 2 atom stereocenters. The number of nitrogens with one attached hydrogen (secondary N) is 1. The lowest BCUT2D eigenvalue weighted by Gasteiger charge is -2.35. The van der Waals surface area contributed by atoms with Gasteiger partial charge in [0.1, 0.15) is 17.5 Å². The topological polar surface area (TPSA) is 107 Å². The minimum Gasteiger partial charge on any atom is -0.442 e. The summed E-state index contributed by atoms with van der Waals surface area (Å²) < 4.78 is 12.5. The predicted molar refractivity (Wildman–Crippen MR) is 118 cm³/mol. The summed E-state index contributed by atoms with van der Waals surface area (Å²) in [6.45, 7) is 6.91. The Hall–Kier alpha value is -3.46. The van der Waals surface area contributed by atoms with Crippen molar-refractivity contribution in [3.05, 3.63) is 63.4 Å². The van der Waals surface area contributed by atoms with Gasteiger partial charge in [0.2, 0.25) is 5.71 Å². The van der Waals surface area contributed by atoms with Crippen LogP contribution in [0.25, 0.3) is 11.1 Å². The second kappa shape index (κ2) is 8.58. The van der Waals surface area contributed by atoms with Crippen LogP contribution in [0.3, 0.4) is 0 Å². The van der Waals surface area contributed by atoms with E-state index < -0.39 is 5.91 Å². The molecule has 0 spiro atoms. The quantitative estimate of drug-likeness (QED) is 0.668. The van der Waals surface area contributed by atoms with Gasteiger partial charge in [-0.1, -0.05) is 12.1 Å². The van der Waals surface area contributed by atoms with Gasteiger partial charge in [0.25, 0.3) is 17.4 Å². The number of fused-ring (bicyclic) bond motifs is 1. The normalized spacial score (nSPS) is 18.7. The zero-order chi connectivity index (χ0) is 23.0. The summed E-state index contributed by atoms with van der Waals surface area (Å²) in [6, 6.07) is 7.13. The summed E-state index contributed by atoms with van der Waals surface area (Å²) in [4.78, 5) is 43.9. The van der Waals surface area contributed by atoms with Gasteiger partial charge in [-0.15, -0.1) is 0 Å². The molecule has 4 rings (SSSR count). The SMILES string of the molecule is Cc1oc2ncn(C)c(=O)c2c1C(=O)NCc1ccc(C(=O)N2CC(C)OC(C)C2)cc1. The molecule has 1 aliphatic heterocycles. The number of amides is 2. The third kappa shape index (κ3) is 4.16. The Labute approximate surface area is 185 Å². The molecule has 2 unspecified atom stereocenters. The van der Waals surface area contributed by atoms with Gasteiger partial charge in [0.15, 0.2) is 0 Å². The molecular weight excluding hydrogens is 412 g/mol. The van der Waals surface area contributed by atoms with Crippen LogP contribution in [0.4, 0.5) is 0 Å². The molecule has 9 nitrogen and oxygen atoms in total. The highest BCUT2D eigenvalue weighted by Gasteiger charge is 2.26. The van der Waals surface area contributed by atoms with Crippen LogP contribution in [0.15, 0.2) is 39.8 Å². The first kappa shape index (κ1) is 21.8. The number of benzene rings is 1. The Bertz CT molecular complexity index is 1220. The van der Waals surface area contributed by atoms with Crippen LogP contribution in [0.1, 0.15) is 45.9 Å². The van der Waals surface area contributed by atoms with Gasteiger partial charge in [-0.3, -0.25) is 14.4 Å². The number of furan rings is 1. The highest BCUT2D eigenvalue weighted by atomic mass is 16.5. The smallest absolute Gasteiger partial charge is 0.265 e. The average molecular weight is 438 g/mol. The molecular formula is C23H26N4O5. The number of aromatic nitrogens is 2. The first-order valence-electron chi connectivity index (χ1n) is 10.5. The molecule has 32 heavy (non-hydrogen) atoms. The van der Waals surface area contributed by atoms with Gasteiger partial charge >= 0.3 is 0 Å². The Morgan fingerprint density at radius 1 is 1.16 bits per heavy atom. The van der Waals surface area contributed by atoms with Crippen molar-refractivity contribution in [2.24, 2.45) is 7.05 Å². The number of rotatable bonds is 4. The molecule has 1 fully saturated rings. The van der Waals surface area contributed by atoms with E-state index in [9.17, 15) is 14.4 Å². The lowest BCUT2D eigenvalue weighted by Crippen LogP contribution is -2.48. The van der Waals surface area contributed by atoms with E-state index in [0.29, 0.717) is 24.4 Å². The molecule has 2 amide bonds. The maximum atomic E-state index is 12.8. The zero-order valence-corrected chi connectivity index (χ0v) is 18.5. The second-order valence-corrected chi connectivity index (χ2v) is 8.22. The van der Waals surface area contributed by atoms with Crippen molar-refractivity contribution >= 4 is 22.9 Å². The van der Waals surface area contributed by atoms with Crippen molar-refractivity contribution in [2.75, 3.05) is 13.1 Å². The van der Waals surface area contributed by atoms with Gasteiger partial charge in [-0.25, -0.2) is 4.98 Å². The molecule has 168 valence electrons. The van der Waals surface area contributed by atoms with Gasteiger partial charge in [0.05, 0.1) is 17.8 Å².